The molecule has 0 aliphatic heterocycles. The van der Waals surface area contributed by atoms with Crippen LogP contribution in [-0.2, 0) is 6.42 Å². The normalized spacial score (nSPS) is 12.8. The Hall–Kier alpha value is -4.71. The van der Waals surface area contributed by atoms with Crippen LogP contribution in [-0.4, -0.2) is 37.8 Å². The van der Waals surface area contributed by atoms with Gasteiger partial charge in [0.25, 0.3) is 0 Å². The Bertz CT molecular complexity index is 1840. The topological polar surface area (TPSA) is 86.3 Å². The van der Waals surface area contributed by atoms with E-state index in [-0.39, 0.29) is 17.8 Å². The molecule has 8 nitrogen and oxygen atoms in total. The summed E-state index contributed by atoms with van der Waals surface area (Å²) in [5.74, 6) is 0.530. The van der Waals surface area contributed by atoms with Crippen LogP contribution in [0.1, 0.15) is 56.4 Å². The molecule has 0 saturated carbocycles. The maximum Gasteiger partial charge on any atom is 0.573 e. The number of hydrogen-bond acceptors (Lipinski definition) is 5. The number of alkyl halides is 3. The number of halogens is 3. The summed E-state index contributed by atoms with van der Waals surface area (Å²) in [6.45, 7) is 8.31. The monoisotopic (exact) mass is 648 g/mol. The van der Waals surface area contributed by atoms with E-state index in [1.54, 1.807) is 0 Å². The third kappa shape index (κ3) is 8.30. The summed E-state index contributed by atoms with van der Waals surface area (Å²) in [7, 11) is 0. The highest BCUT2D eigenvalue weighted by Crippen LogP contribution is 2.25. The minimum Gasteiger partial charge on any atom is -0.406 e. The SMILES string of the molecule is Cc1cs/c(=N\C(=O)NC(C)CCCc2ccc(-c3ncn(-c4ccc(OC(F)(F)F)cc4)n3)cc2)n1-c1ccccc1C(C)C. The van der Waals surface area contributed by atoms with E-state index < -0.39 is 6.36 Å². The Morgan fingerprint density at radius 1 is 1.02 bits per heavy atom. The van der Waals surface area contributed by atoms with Gasteiger partial charge in [0, 0.05) is 22.7 Å². The second-order valence-electron chi connectivity index (χ2n) is 11.3. The number of para-hydroxylation sites is 1. The van der Waals surface area contributed by atoms with Crippen LogP contribution in [0, 0.1) is 6.92 Å². The van der Waals surface area contributed by atoms with Gasteiger partial charge in [-0.05, 0) is 80.5 Å². The van der Waals surface area contributed by atoms with Gasteiger partial charge >= 0.3 is 12.4 Å². The zero-order valence-corrected chi connectivity index (χ0v) is 26.8. The van der Waals surface area contributed by atoms with Crippen molar-refractivity contribution in [2.75, 3.05) is 0 Å². The Labute approximate surface area is 269 Å². The summed E-state index contributed by atoms with van der Waals surface area (Å²) in [6.07, 6.45) is -0.729. The molecule has 2 heterocycles. The van der Waals surface area contributed by atoms with Gasteiger partial charge in [0.1, 0.15) is 12.1 Å². The van der Waals surface area contributed by atoms with Crippen molar-refractivity contribution in [1.29, 1.82) is 0 Å². The predicted octanol–water partition coefficient (Wildman–Crippen LogP) is 8.14. The van der Waals surface area contributed by atoms with Crippen LogP contribution in [0.25, 0.3) is 22.8 Å². The first kappa shape index (κ1) is 32.7. The smallest absolute Gasteiger partial charge is 0.406 e. The van der Waals surface area contributed by atoms with E-state index in [1.807, 2.05) is 60.2 Å². The number of ether oxygens (including phenoxy) is 1. The maximum absolute atomic E-state index is 12.9. The number of hydrogen-bond donors (Lipinski definition) is 1. The highest BCUT2D eigenvalue weighted by molar-refractivity contribution is 7.07. The number of thiazole rings is 1. The van der Waals surface area contributed by atoms with Crippen molar-refractivity contribution in [3.63, 3.8) is 0 Å². The Morgan fingerprint density at radius 3 is 2.43 bits per heavy atom. The van der Waals surface area contributed by atoms with E-state index in [9.17, 15) is 18.0 Å². The molecular formula is C34H35F3N6O2S. The van der Waals surface area contributed by atoms with E-state index in [0.717, 1.165) is 41.8 Å². The van der Waals surface area contributed by atoms with Crippen molar-refractivity contribution in [3.05, 3.63) is 106 Å². The molecule has 5 rings (SSSR count). The van der Waals surface area contributed by atoms with Crippen molar-refractivity contribution < 1.29 is 22.7 Å². The van der Waals surface area contributed by atoms with Gasteiger partial charge in [-0.15, -0.1) is 29.6 Å². The summed E-state index contributed by atoms with van der Waals surface area (Å²) in [6, 6.07) is 21.1. The molecule has 1 N–H and O–H groups in total. The quantitative estimate of drug-likeness (QED) is 0.166. The number of benzene rings is 3. The van der Waals surface area contributed by atoms with E-state index in [2.05, 4.69) is 51.1 Å². The molecule has 0 radical (unpaired) electrons. The number of carbonyl (C=O) groups is 1. The molecule has 3 aromatic carbocycles. The minimum absolute atomic E-state index is 0.0461. The Kier molecular flexibility index (Phi) is 10.1. The van der Waals surface area contributed by atoms with Gasteiger partial charge in [-0.25, -0.2) is 14.5 Å². The first-order valence-corrected chi connectivity index (χ1v) is 15.8. The fourth-order valence-corrected chi connectivity index (χ4v) is 5.96. The second kappa shape index (κ2) is 14.2. The number of aromatic nitrogens is 4. The fourth-order valence-electron chi connectivity index (χ4n) is 5.10. The Morgan fingerprint density at radius 2 is 1.74 bits per heavy atom. The molecule has 0 bridgehead atoms. The molecule has 0 fully saturated rings. The number of urea groups is 1. The van der Waals surface area contributed by atoms with Gasteiger partial charge in [0.05, 0.1) is 11.4 Å². The third-order valence-corrected chi connectivity index (χ3v) is 8.33. The molecule has 0 spiro atoms. The first-order valence-electron chi connectivity index (χ1n) is 15.0. The van der Waals surface area contributed by atoms with Crippen LogP contribution in [0.2, 0.25) is 0 Å². The van der Waals surface area contributed by atoms with E-state index in [4.69, 9.17) is 0 Å². The zero-order chi connectivity index (χ0) is 32.8. The average molecular weight is 649 g/mol. The van der Waals surface area contributed by atoms with Gasteiger partial charge in [-0.1, -0.05) is 56.3 Å². The van der Waals surface area contributed by atoms with Crippen molar-refractivity contribution in [2.24, 2.45) is 4.99 Å². The number of carbonyl (C=O) groups excluding carboxylic acids is 1. The van der Waals surface area contributed by atoms with Crippen LogP contribution < -0.4 is 14.9 Å². The molecule has 0 aliphatic rings. The molecule has 2 aromatic heterocycles. The maximum atomic E-state index is 12.9. The standard InChI is InChI=1S/C34H35F3N6O2S/c1-22(2)29-10-5-6-11-30(29)43-24(4)20-46-33(43)40-32(44)39-23(3)8-7-9-25-12-14-26(15-13-25)31-38-21-42(41-31)27-16-18-28(19-17-27)45-34(35,36)37/h5-6,10-23H,7-9H2,1-4H3,(H,39,44)/b40-33-. The fraction of sp³-hybridized carbons (Fsp3) is 0.294. The lowest BCUT2D eigenvalue weighted by Crippen LogP contribution is -2.32. The summed E-state index contributed by atoms with van der Waals surface area (Å²) >= 11 is 1.45. The number of nitrogens with one attached hydrogen (secondary N) is 1. The van der Waals surface area contributed by atoms with Crippen LogP contribution >= 0.6 is 11.3 Å². The average Bonchev–Trinajstić information content (AvgIpc) is 3.64. The highest BCUT2D eigenvalue weighted by atomic mass is 32.1. The lowest BCUT2D eigenvalue weighted by molar-refractivity contribution is -0.274. The van der Waals surface area contributed by atoms with Crippen molar-refractivity contribution in [2.45, 2.75) is 65.3 Å². The molecule has 12 heteroatoms. The van der Waals surface area contributed by atoms with Crippen LogP contribution in [0.4, 0.5) is 18.0 Å². The highest BCUT2D eigenvalue weighted by Gasteiger charge is 2.31. The predicted molar refractivity (Wildman–Crippen MR) is 172 cm³/mol. The largest absolute Gasteiger partial charge is 0.573 e. The van der Waals surface area contributed by atoms with E-state index in [1.165, 1.54) is 52.2 Å². The zero-order valence-electron chi connectivity index (χ0n) is 26.0. The van der Waals surface area contributed by atoms with Crippen LogP contribution in [0.15, 0.2) is 89.5 Å². The molecule has 240 valence electrons. The lowest BCUT2D eigenvalue weighted by atomic mass is 10.0. The van der Waals surface area contributed by atoms with Gasteiger partial charge in [0.2, 0.25) is 0 Å². The number of nitrogens with zero attached hydrogens (tertiary/aromatic N) is 5. The first-order chi connectivity index (χ1) is 22.0. The molecule has 2 amide bonds. The van der Waals surface area contributed by atoms with Gasteiger partial charge in [-0.2, -0.15) is 4.99 Å². The summed E-state index contributed by atoms with van der Waals surface area (Å²) in [5, 5.41) is 9.48. The molecule has 1 atom stereocenters. The second-order valence-corrected chi connectivity index (χ2v) is 12.2. The van der Waals surface area contributed by atoms with Gasteiger partial charge in [-0.3, -0.25) is 4.57 Å². The van der Waals surface area contributed by atoms with Gasteiger partial charge in [0.15, 0.2) is 10.6 Å². The molecule has 0 aliphatic carbocycles. The number of aryl methyl sites for hydroxylation is 2. The molecule has 46 heavy (non-hydrogen) atoms. The Balaban J connectivity index is 1.14. The van der Waals surface area contributed by atoms with Crippen molar-refractivity contribution >= 4 is 17.4 Å². The lowest BCUT2D eigenvalue weighted by Gasteiger charge is -2.15. The summed E-state index contributed by atoms with van der Waals surface area (Å²) < 4.78 is 44.7. The third-order valence-electron chi connectivity index (χ3n) is 7.39. The summed E-state index contributed by atoms with van der Waals surface area (Å²) in [5.41, 5.74) is 5.79. The van der Waals surface area contributed by atoms with E-state index in [0.29, 0.717) is 22.2 Å². The van der Waals surface area contributed by atoms with Crippen LogP contribution in [0.5, 0.6) is 5.75 Å². The minimum atomic E-state index is -4.74. The van der Waals surface area contributed by atoms with Gasteiger partial charge < -0.3 is 10.1 Å². The van der Waals surface area contributed by atoms with Crippen LogP contribution in [0.3, 0.4) is 0 Å². The summed E-state index contributed by atoms with van der Waals surface area (Å²) in [4.78, 5) is 22.2. The number of rotatable bonds is 10. The molecular weight excluding hydrogens is 613 g/mol. The van der Waals surface area contributed by atoms with E-state index >= 15 is 0 Å². The number of amides is 2. The van der Waals surface area contributed by atoms with Crippen molar-refractivity contribution in [1.82, 2.24) is 24.6 Å². The van der Waals surface area contributed by atoms with Crippen molar-refractivity contribution in [3.8, 4) is 28.5 Å². The molecule has 0 saturated heterocycles. The molecule has 5 aromatic rings. The molecule has 1 unspecified atom stereocenters.